The molecule has 0 saturated carbocycles. The number of anilines is 1. The van der Waals surface area contributed by atoms with Crippen molar-refractivity contribution in [1.82, 2.24) is 4.90 Å². The first-order chi connectivity index (χ1) is 14.0. The lowest BCUT2D eigenvalue weighted by atomic mass is 10.0. The van der Waals surface area contributed by atoms with Crippen molar-refractivity contribution < 1.29 is 14.4 Å². The Hall–Kier alpha value is -3.47. The van der Waals surface area contributed by atoms with E-state index in [-0.39, 0.29) is 17.7 Å². The van der Waals surface area contributed by atoms with Crippen molar-refractivity contribution in [1.29, 1.82) is 0 Å². The molecule has 3 aromatic carbocycles. The van der Waals surface area contributed by atoms with E-state index in [0.29, 0.717) is 23.2 Å². The molecule has 3 amide bonds. The molecule has 0 fully saturated rings. The molecule has 3 aromatic rings. The lowest BCUT2D eigenvalue weighted by Crippen LogP contribution is -2.30. The van der Waals surface area contributed by atoms with Crippen LogP contribution in [0.3, 0.4) is 0 Å². The van der Waals surface area contributed by atoms with Crippen LogP contribution in [0.4, 0.5) is 5.69 Å². The third kappa shape index (κ3) is 3.18. The summed E-state index contributed by atoms with van der Waals surface area (Å²) in [5.74, 6) is -0.822. The second kappa shape index (κ2) is 7.51. The second-order valence-electron chi connectivity index (χ2n) is 7.24. The Balaban J connectivity index is 1.67. The minimum Gasteiger partial charge on any atom is -0.311 e. The number of hydrogen-bond acceptors (Lipinski definition) is 3. The van der Waals surface area contributed by atoms with Gasteiger partial charge in [0, 0.05) is 24.5 Å². The molecule has 1 heterocycles. The van der Waals surface area contributed by atoms with Gasteiger partial charge in [-0.3, -0.25) is 19.3 Å². The van der Waals surface area contributed by atoms with Crippen molar-refractivity contribution in [2.24, 2.45) is 0 Å². The van der Waals surface area contributed by atoms with E-state index in [1.54, 1.807) is 30.1 Å². The van der Waals surface area contributed by atoms with Gasteiger partial charge >= 0.3 is 0 Å². The monoisotopic (exact) mass is 386 g/mol. The average molecular weight is 386 g/mol. The van der Waals surface area contributed by atoms with Crippen molar-refractivity contribution in [2.45, 2.75) is 19.8 Å². The van der Waals surface area contributed by atoms with E-state index in [4.69, 9.17) is 0 Å². The van der Waals surface area contributed by atoms with Gasteiger partial charge < -0.3 is 4.90 Å². The second-order valence-corrected chi connectivity index (χ2v) is 7.24. The van der Waals surface area contributed by atoms with Crippen molar-refractivity contribution >= 4 is 34.2 Å². The summed E-state index contributed by atoms with van der Waals surface area (Å²) in [5.41, 5.74) is 1.86. The minimum absolute atomic E-state index is 0.226. The molecule has 5 heteroatoms. The molecular formula is C24H22N2O3. The molecule has 0 spiro atoms. The summed E-state index contributed by atoms with van der Waals surface area (Å²) in [6.07, 6.45) is 1.66. The zero-order valence-electron chi connectivity index (χ0n) is 16.5. The number of benzene rings is 3. The summed E-state index contributed by atoms with van der Waals surface area (Å²) in [6, 6.07) is 18.4. The fraction of sp³-hybridized carbons (Fsp3) is 0.208. The molecule has 1 aliphatic rings. The molecule has 0 saturated heterocycles. The minimum atomic E-state index is -0.319. The maximum absolute atomic E-state index is 13.1. The highest BCUT2D eigenvalue weighted by Gasteiger charge is 2.35. The predicted octanol–water partition coefficient (Wildman–Crippen LogP) is 4.51. The van der Waals surface area contributed by atoms with E-state index in [9.17, 15) is 14.4 Å². The Morgan fingerprint density at radius 2 is 1.66 bits per heavy atom. The Morgan fingerprint density at radius 3 is 2.45 bits per heavy atom. The third-order valence-corrected chi connectivity index (χ3v) is 5.39. The quantitative estimate of drug-likeness (QED) is 0.606. The standard InChI is InChI=1S/C24H22N2O3/c1-3-4-14-26-23(28)19-13-12-17(15-20(19)24(26)29)22(27)25(2)21-11-7-9-16-8-5-6-10-18(16)21/h5-13,15H,3-4,14H2,1-2H3. The molecule has 146 valence electrons. The Morgan fingerprint density at radius 1 is 0.931 bits per heavy atom. The fourth-order valence-electron chi connectivity index (χ4n) is 3.75. The highest BCUT2D eigenvalue weighted by molar-refractivity contribution is 6.22. The molecule has 0 atom stereocenters. The van der Waals surface area contributed by atoms with Crippen LogP contribution in [0.25, 0.3) is 10.8 Å². The summed E-state index contributed by atoms with van der Waals surface area (Å²) >= 11 is 0. The normalized spacial score (nSPS) is 13.1. The molecule has 0 N–H and O–H groups in total. The first-order valence-corrected chi connectivity index (χ1v) is 9.79. The molecule has 29 heavy (non-hydrogen) atoms. The predicted molar refractivity (Wildman–Crippen MR) is 113 cm³/mol. The van der Waals surface area contributed by atoms with E-state index >= 15 is 0 Å². The van der Waals surface area contributed by atoms with Gasteiger partial charge in [-0.25, -0.2) is 0 Å². The van der Waals surface area contributed by atoms with Gasteiger partial charge in [-0.1, -0.05) is 49.7 Å². The molecule has 0 aliphatic carbocycles. The molecule has 0 radical (unpaired) electrons. The Kier molecular flexibility index (Phi) is 4.89. The molecule has 0 aromatic heterocycles. The van der Waals surface area contributed by atoms with E-state index < -0.39 is 0 Å². The lowest BCUT2D eigenvalue weighted by molar-refractivity contribution is 0.0652. The number of unbranched alkanes of at least 4 members (excludes halogenated alkanes) is 1. The zero-order valence-corrected chi connectivity index (χ0v) is 16.5. The Labute approximate surface area is 169 Å². The van der Waals surface area contributed by atoms with Crippen LogP contribution >= 0.6 is 0 Å². The number of carbonyl (C=O) groups is 3. The molecule has 0 unspecified atom stereocenters. The summed E-state index contributed by atoms with van der Waals surface area (Å²) in [7, 11) is 1.72. The van der Waals surface area contributed by atoms with E-state index in [2.05, 4.69) is 0 Å². The van der Waals surface area contributed by atoms with Crippen LogP contribution < -0.4 is 4.90 Å². The smallest absolute Gasteiger partial charge is 0.261 e. The molecular weight excluding hydrogens is 364 g/mol. The highest BCUT2D eigenvalue weighted by Crippen LogP contribution is 2.29. The summed E-state index contributed by atoms with van der Waals surface area (Å²) in [5, 5.41) is 2.02. The van der Waals surface area contributed by atoms with Crippen molar-refractivity contribution in [3.63, 3.8) is 0 Å². The van der Waals surface area contributed by atoms with Gasteiger partial charge in [0.2, 0.25) is 0 Å². The highest BCUT2D eigenvalue weighted by atomic mass is 16.2. The average Bonchev–Trinajstić information content (AvgIpc) is 3.00. The number of rotatable bonds is 5. The summed E-state index contributed by atoms with van der Waals surface area (Å²) < 4.78 is 0. The van der Waals surface area contributed by atoms with Gasteiger partial charge in [0.05, 0.1) is 16.8 Å². The van der Waals surface area contributed by atoms with Gasteiger partial charge in [-0.15, -0.1) is 0 Å². The lowest BCUT2D eigenvalue weighted by Gasteiger charge is -2.19. The number of carbonyl (C=O) groups excluding carboxylic acids is 3. The van der Waals surface area contributed by atoms with Gasteiger partial charge in [0.15, 0.2) is 0 Å². The first kappa shape index (κ1) is 18.9. The van der Waals surface area contributed by atoms with Crippen LogP contribution in [0.2, 0.25) is 0 Å². The number of hydrogen-bond donors (Lipinski definition) is 0. The van der Waals surface area contributed by atoms with Crippen LogP contribution in [0.15, 0.2) is 60.7 Å². The van der Waals surface area contributed by atoms with Crippen LogP contribution in [-0.4, -0.2) is 36.2 Å². The van der Waals surface area contributed by atoms with Gasteiger partial charge in [0.25, 0.3) is 17.7 Å². The molecule has 4 rings (SSSR count). The van der Waals surface area contributed by atoms with Crippen molar-refractivity contribution in [3.8, 4) is 0 Å². The van der Waals surface area contributed by atoms with E-state index in [1.165, 1.54) is 4.90 Å². The van der Waals surface area contributed by atoms with Crippen LogP contribution in [0.1, 0.15) is 50.8 Å². The van der Waals surface area contributed by atoms with Gasteiger partial charge in [-0.2, -0.15) is 0 Å². The molecule has 5 nitrogen and oxygen atoms in total. The first-order valence-electron chi connectivity index (χ1n) is 9.79. The SMILES string of the molecule is CCCCN1C(=O)c2ccc(C(=O)N(C)c3cccc4ccccc34)cc2C1=O. The number of imide groups is 1. The maximum atomic E-state index is 13.1. The zero-order chi connectivity index (χ0) is 20.5. The maximum Gasteiger partial charge on any atom is 0.261 e. The number of amides is 3. The summed E-state index contributed by atoms with van der Waals surface area (Å²) in [6.45, 7) is 2.42. The van der Waals surface area contributed by atoms with E-state index in [1.807, 2.05) is 49.4 Å². The summed E-state index contributed by atoms with van der Waals surface area (Å²) in [4.78, 5) is 41.2. The topological polar surface area (TPSA) is 57.7 Å². The molecule has 0 bridgehead atoms. The van der Waals surface area contributed by atoms with Gasteiger partial charge in [-0.05, 0) is 36.1 Å². The van der Waals surface area contributed by atoms with Crippen LogP contribution in [-0.2, 0) is 0 Å². The van der Waals surface area contributed by atoms with Crippen LogP contribution in [0.5, 0.6) is 0 Å². The van der Waals surface area contributed by atoms with Crippen LogP contribution in [0, 0.1) is 0 Å². The number of fused-ring (bicyclic) bond motifs is 2. The third-order valence-electron chi connectivity index (χ3n) is 5.39. The largest absolute Gasteiger partial charge is 0.311 e. The molecule has 1 aliphatic heterocycles. The van der Waals surface area contributed by atoms with Crippen molar-refractivity contribution in [2.75, 3.05) is 18.5 Å². The van der Waals surface area contributed by atoms with Gasteiger partial charge in [0.1, 0.15) is 0 Å². The van der Waals surface area contributed by atoms with Crippen molar-refractivity contribution in [3.05, 3.63) is 77.4 Å². The number of nitrogens with zero attached hydrogens (tertiary/aromatic N) is 2. The fourth-order valence-corrected chi connectivity index (χ4v) is 3.75. The Bertz CT molecular complexity index is 1130. The van der Waals surface area contributed by atoms with E-state index in [0.717, 1.165) is 29.3 Å².